The molecule has 2 aromatic rings. The molecule has 1 saturated heterocycles. The van der Waals surface area contributed by atoms with Gasteiger partial charge in [0, 0.05) is 25.0 Å². The number of nitrogens with zero attached hydrogens (tertiary/aromatic N) is 3. The zero-order valence-electron chi connectivity index (χ0n) is 13.4. The third-order valence-corrected chi connectivity index (χ3v) is 4.63. The third kappa shape index (κ3) is 3.51. The lowest BCUT2D eigenvalue weighted by Gasteiger charge is -2.17. The lowest BCUT2D eigenvalue weighted by molar-refractivity contribution is 0.331. The van der Waals surface area contributed by atoms with Gasteiger partial charge in [-0.1, -0.05) is 12.1 Å². The van der Waals surface area contributed by atoms with Gasteiger partial charge in [0.2, 0.25) is 5.95 Å². The number of benzene rings is 1. The fourth-order valence-corrected chi connectivity index (χ4v) is 3.32. The average molecular weight is 309 g/mol. The summed E-state index contributed by atoms with van der Waals surface area (Å²) < 4.78 is 0. The summed E-state index contributed by atoms with van der Waals surface area (Å²) in [7, 11) is 0. The molecule has 2 aliphatic rings. The summed E-state index contributed by atoms with van der Waals surface area (Å²) in [6.45, 7) is 5.37. The Labute approximate surface area is 137 Å². The molecule has 0 saturated carbocycles. The molecule has 0 bridgehead atoms. The van der Waals surface area contributed by atoms with Crippen molar-refractivity contribution in [3.05, 3.63) is 47.3 Å². The molecule has 1 aromatic carbocycles. The Morgan fingerprint density at radius 2 is 1.96 bits per heavy atom. The van der Waals surface area contributed by atoms with Gasteiger partial charge in [-0.3, -0.25) is 4.90 Å². The van der Waals surface area contributed by atoms with Gasteiger partial charge in [0.15, 0.2) is 0 Å². The van der Waals surface area contributed by atoms with E-state index in [2.05, 4.69) is 49.8 Å². The summed E-state index contributed by atoms with van der Waals surface area (Å²) in [6, 6.07) is 8.63. The number of rotatable bonds is 4. The van der Waals surface area contributed by atoms with Crippen LogP contribution in [0, 0.1) is 0 Å². The number of fused-ring (bicyclic) bond motifs is 1. The first-order valence-corrected chi connectivity index (χ1v) is 8.51. The molecule has 0 radical (unpaired) electrons. The minimum atomic E-state index is 0.680. The Morgan fingerprint density at radius 3 is 2.78 bits per heavy atom. The van der Waals surface area contributed by atoms with Gasteiger partial charge < -0.3 is 10.6 Å². The number of anilines is 2. The van der Waals surface area contributed by atoms with Crippen LogP contribution < -0.4 is 10.6 Å². The summed E-state index contributed by atoms with van der Waals surface area (Å²) in [6.07, 6.45) is 5.64. The maximum Gasteiger partial charge on any atom is 0.227 e. The van der Waals surface area contributed by atoms with E-state index >= 15 is 0 Å². The predicted octanol–water partition coefficient (Wildman–Crippen LogP) is 2.46. The molecule has 2 aliphatic heterocycles. The Kier molecular flexibility index (Phi) is 4.22. The second kappa shape index (κ2) is 6.64. The quantitative estimate of drug-likeness (QED) is 0.908. The van der Waals surface area contributed by atoms with Crippen LogP contribution in [0.3, 0.4) is 0 Å². The van der Waals surface area contributed by atoms with Gasteiger partial charge in [0.1, 0.15) is 0 Å². The van der Waals surface area contributed by atoms with Gasteiger partial charge in [-0.25, -0.2) is 9.97 Å². The standard InChI is InChI=1S/C18H23N5/c1-2-10-23(9-1)13-14-3-5-16(6-4-14)21-18-20-11-15-7-8-19-12-17(15)22-18/h3-6,11,19H,1-2,7-10,12-13H2,(H,20,21,22). The van der Waals surface area contributed by atoms with Crippen molar-refractivity contribution in [1.29, 1.82) is 0 Å². The van der Waals surface area contributed by atoms with Crippen LogP contribution in [0.15, 0.2) is 30.5 Å². The molecule has 0 aliphatic carbocycles. The highest BCUT2D eigenvalue weighted by Crippen LogP contribution is 2.18. The van der Waals surface area contributed by atoms with Crippen LogP contribution in [-0.2, 0) is 19.5 Å². The first-order chi connectivity index (χ1) is 11.4. The van der Waals surface area contributed by atoms with E-state index in [1.165, 1.54) is 37.1 Å². The number of nitrogens with one attached hydrogen (secondary N) is 2. The molecule has 0 spiro atoms. The topological polar surface area (TPSA) is 53.1 Å². The molecule has 5 heteroatoms. The predicted molar refractivity (Wildman–Crippen MR) is 91.7 cm³/mol. The minimum absolute atomic E-state index is 0.680. The monoisotopic (exact) mass is 309 g/mol. The molecule has 5 nitrogen and oxygen atoms in total. The maximum atomic E-state index is 4.62. The Bertz CT molecular complexity index is 662. The Morgan fingerprint density at radius 1 is 1.13 bits per heavy atom. The van der Waals surface area contributed by atoms with Crippen LogP contribution in [0.25, 0.3) is 0 Å². The third-order valence-electron chi connectivity index (χ3n) is 4.63. The average Bonchev–Trinajstić information content (AvgIpc) is 3.10. The molecule has 1 aromatic heterocycles. The van der Waals surface area contributed by atoms with Crippen LogP contribution >= 0.6 is 0 Å². The lowest BCUT2D eigenvalue weighted by atomic mass is 10.1. The van der Waals surface area contributed by atoms with E-state index in [9.17, 15) is 0 Å². The Hall–Kier alpha value is -1.98. The number of likely N-dealkylation sites (tertiary alicyclic amines) is 1. The second-order valence-electron chi connectivity index (χ2n) is 6.40. The molecule has 0 amide bonds. The second-order valence-corrected chi connectivity index (χ2v) is 6.40. The van der Waals surface area contributed by atoms with Gasteiger partial charge in [-0.2, -0.15) is 0 Å². The van der Waals surface area contributed by atoms with E-state index in [4.69, 9.17) is 0 Å². The fraction of sp³-hybridized carbons (Fsp3) is 0.444. The van der Waals surface area contributed by atoms with E-state index in [0.717, 1.165) is 37.4 Å². The van der Waals surface area contributed by atoms with Crippen LogP contribution in [0.4, 0.5) is 11.6 Å². The first kappa shape index (κ1) is 14.6. The van der Waals surface area contributed by atoms with E-state index in [0.29, 0.717) is 5.95 Å². The van der Waals surface area contributed by atoms with Crippen molar-refractivity contribution in [2.45, 2.75) is 32.4 Å². The zero-order chi connectivity index (χ0) is 15.5. The summed E-state index contributed by atoms with van der Waals surface area (Å²) in [5, 5.41) is 6.66. The number of hydrogen-bond donors (Lipinski definition) is 2. The van der Waals surface area contributed by atoms with Crippen molar-refractivity contribution < 1.29 is 0 Å². The maximum absolute atomic E-state index is 4.62. The van der Waals surface area contributed by atoms with Gasteiger partial charge in [-0.15, -0.1) is 0 Å². The lowest BCUT2D eigenvalue weighted by Crippen LogP contribution is -2.25. The van der Waals surface area contributed by atoms with Gasteiger partial charge in [0.25, 0.3) is 0 Å². The highest BCUT2D eigenvalue weighted by molar-refractivity contribution is 5.54. The van der Waals surface area contributed by atoms with E-state index in [1.807, 2.05) is 6.20 Å². The molecule has 3 heterocycles. The molecular formula is C18H23N5. The van der Waals surface area contributed by atoms with Crippen LogP contribution in [0.1, 0.15) is 29.7 Å². The van der Waals surface area contributed by atoms with Crippen LogP contribution in [0.2, 0.25) is 0 Å². The normalized spacial score (nSPS) is 17.9. The fourth-order valence-electron chi connectivity index (χ4n) is 3.32. The molecular weight excluding hydrogens is 286 g/mol. The van der Waals surface area contributed by atoms with Crippen molar-refractivity contribution in [3.63, 3.8) is 0 Å². The molecule has 0 atom stereocenters. The van der Waals surface area contributed by atoms with Crippen LogP contribution in [0.5, 0.6) is 0 Å². The van der Waals surface area contributed by atoms with Crippen molar-refractivity contribution in [1.82, 2.24) is 20.2 Å². The van der Waals surface area contributed by atoms with Gasteiger partial charge in [0.05, 0.1) is 5.69 Å². The van der Waals surface area contributed by atoms with E-state index in [-0.39, 0.29) is 0 Å². The van der Waals surface area contributed by atoms with Crippen molar-refractivity contribution >= 4 is 11.6 Å². The Balaban J connectivity index is 1.42. The highest BCUT2D eigenvalue weighted by atomic mass is 15.1. The molecule has 1 fully saturated rings. The summed E-state index contributed by atoms with van der Waals surface area (Å²) >= 11 is 0. The highest BCUT2D eigenvalue weighted by Gasteiger charge is 2.13. The van der Waals surface area contributed by atoms with E-state index in [1.54, 1.807) is 0 Å². The number of hydrogen-bond acceptors (Lipinski definition) is 5. The SMILES string of the molecule is c1cc(Nc2ncc3c(n2)CNCC3)ccc1CN1CCCC1. The van der Waals surface area contributed by atoms with Crippen molar-refractivity contribution in [2.24, 2.45) is 0 Å². The first-order valence-electron chi connectivity index (χ1n) is 8.51. The molecule has 2 N–H and O–H groups in total. The summed E-state index contributed by atoms with van der Waals surface area (Å²) in [5.41, 5.74) is 4.78. The van der Waals surface area contributed by atoms with Crippen LogP contribution in [-0.4, -0.2) is 34.5 Å². The minimum Gasteiger partial charge on any atom is -0.324 e. The zero-order valence-corrected chi connectivity index (χ0v) is 13.4. The van der Waals surface area contributed by atoms with Crippen molar-refractivity contribution in [2.75, 3.05) is 25.0 Å². The largest absolute Gasteiger partial charge is 0.324 e. The van der Waals surface area contributed by atoms with Crippen molar-refractivity contribution in [3.8, 4) is 0 Å². The van der Waals surface area contributed by atoms with Gasteiger partial charge >= 0.3 is 0 Å². The molecule has 120 valence electrons. The molecule has 23 heavy (non-hydrogen) atoms. The molecule has 4 rings (SSSR count). The smallest absolute Gasteiger partial charge is 0.227 e. The van der Waals surface area contributed by atoms with Gasteiger partial charge in [-0.05, 0) is 62.2 Å². The number of aromatic nitrogens is 2. The summed E-state index contributed by atoms with van der Waals surface area (Å²) in [4.78, 5) is 11.6. The van der Waals surface area contributed by atoms with E-state index < -0.39 is 0 Å². The molecule has 0 unspecified atom stereocenters. The summed E-state index contributed by atoms with van der Waals surface area (Å²) in [5.74, 6) is 0.680.